The average molecular weight is 342 g/mol. The van der Waals surface area contributed by atoms with E-state index in [9.17, 15) is 9.59 Å². The highest BCUT2D eigenvalue weighted by Gasteiger charge is 2.34. The van der Waals surface area contributed by atoms with E-state index in [-0.39, 0.29) is 17.7 Å². The summed E-state index contributed by atoms with van der Waals surface area (Å²) in [6.07, 6.45) is 2.69. The van der Waals surface area contributed by atoms with Gasteiger partial charge in [0.1, 0.15) is 0 Å². The fourth-order valence-corrected chi connectivity index (χ4v) is 3.60. The molecule has 1 N–H and O–H groups in total. The van der Waals surface area contributed by atoms with Crippen LogP contribution in [0.2, 0.25) is 0 Å². The summed E-state index contributed by atoms with van der Waals surface area (Å²) in [7, 11) is 0. The largest absolute Gasteiger partial charge is 0.337 e. The van der Waals surface area contributed by atoms with Crippen molar-refractivity contribution in [3.63, 3.8) is 0 Å². The van der Waals surface area contributed by atoms with Gasteiger partial charge in [-0.1, -0.05) is 11.3 Å². The summed E-state index contributed by atoms with van der Waals surface area (Å²) in [4.78, 5) is 31.7. The van der Waals surface area contributed by atoms with Crippen LogP contribution in [-0.2, 0) is 22.6 Å². The van der Waals surface area contributed by atoms with Crippen LogP contribution < -0.4 is 5.32 Å². The van der Waals surface area contributed by atoms with Gasteiger partial charge in [0, 0.05) is 29.6 Å². The van der Waals surface area contributed by atoms with Crippen LogP contribution in [0.15, 0.2) is 0 Å². The van der Waals surface area contributed by atoms with Gasteiger partial charge in [0.2, 0.25) is 11.8 Å². The second-order valence-electron chi connectivity index (χ2n) is 6.65. The van der Waals surface area contributed by atoms with Crippen LogP contribution in [0.5, 0.6) is 0 Å². The van der Waals surface area contributed by atoms with E-state index in [1.807, 2.05) is 18.7 Å². The Morgan fingerprint density at radius 1 is 1.45 bits per heavy atom. The van der Waals surface area contributed by atoms with Crippen molar-refractivity contribution in [2.75, 3.05) is 17.7 Å². The SMILES string of the molecule is CC(C)(CCl)C(=O)N1CCc2nc(NC(=O)C3CC3)sc2C1. The number of aromatic nitrogens is 1. The predicted octanol–water partition coefficient (Wildman–Crippen LogP) is 2.64. The van der Waals surface area contributed by atoms with E-state index in [4.69, 9.17) is 11.6 Å². The maximum atomic E-state index is 12.5. The molecule has 0 unspecified atom stereocenters. The van der Waals surface area contributed by atoms with Crippen LogP contribution in [-0.4, -0.2) is 34.1 Å². The van der Waals surface area contributed by atoms with Crippen LogP contribution in [0.4, 0.5) is 5.13 Å². The molecule has 2 heterocycles. The van der Waals surface area contributed by atoms with Gasteiger partial charge in [-0.25, -0.2) is 4.98 Å². The Hall–Kier alpha value is -1.14. The van der Waals surface area contributed by atoms with Crippen LogP contribution in [0.3, 0.4) is 0 Å². The highest BCUT2D eigenvalue weighted by Crippen LogP contribution is 2.33. The third-order valence-electron chi connectivity index (χ3n) is 4.11. The third kappa shape index (κ3) is 3.13. The molecule has 2 amide bonds. The van der Waals surface area contributed by atoms with Crippen molar-refractivity contribution in [1.29, 1.82) is 0 Å². The molecule has 0 saturated heterocycles. The molecule has 1 aromatic heterocycles. The molecule has 1 aliphatic carbocycles. The molecule has 0 spiro atoms. The van der Waals surface area contributed by atoms with Gasteiger partial charge in [-0.05, 0) is 26.7 Å². The van der Waals surface area contributed by atoms with Crippen LogP contribution in [0.1, 0.15) is 37.3 Å². The molecule has 5 nitrogen and oxygen atoms in total. The monoisotopic (exact) mass is 341 g/mol. The van der Waals surface area contributed by atoms with Gasteiger partial charge in [0.25, 0.3) is 0 Å². The molecule has 22 heavy (non-hydrogen) atoms. The molecule has 1 fully saturated rings. The number of alkyl halides is 1. The van der Waals surface area contributed by atoms with E-state index >= 15 is 0 Å². The van der Waals surface area contributed by atoms with Gasteiger partial charge < -0.3 is 10.2 Å². The summed E-state index contributed by atoms with van der Waals surface area (Å²) in [5.74, 6) is 0.622. The number of rotatable bonds is 4. The topological polar surface area (TPSA) is 62.3 Å². The smallest absolute Gasteiger partial charge is 0.229 e. The Labute approximate surface area is 139 Å². The Balaban J connectivity index is 1.69. The number of nitrogens with one attached hydrogen (secondary N) is 1. The maximum Gasteiger partial charge on any atom is 0.229 e. The molecule has 0 radical (unpaired) electrons. The highest BCUT2D eigenvalue weighted by molar-refractivity contribution is 7.15. The van der Waals surface area contributed by atoms with Crippen molar-refractivity contribution < 1.29 is 9.59 Å². The molecule has 3 rings (SSSR count). The third-order valence-corrected chi connectivity index (χ3v) is 5.78. The number of halogens is 1. The molecular formula is C15H20ClN3O2S. The Morgan fingerprint density at radius 2 is 2.18 bits per heavy atom. The van der Waals surface area contributed by atoms with E-state index < -0.39 is 5.41 Å². The zero-order valence-corrected chi connectivity index (χ0v) is 14.4. The quantitative estimate of drug-likeness (QED) is 0.856. The van der Waals surface area contributed by atoms with Crippen molar-refractivity contribution in [3.05, 3.63) is 10.6 Å². The first-order valence-electron chi connectivity index (χ1n) is 7.55. The number of amides is 2. The summed E-state index contributed by atoms with van der Waals surface area (Å²) in [6.45, 7) is 4.95. The Kier molecular flexibility index (Phi) is 4.16. The standard InChI is InChI=1S/C15H20ClN3O2S/c1-15(2,8-16)13(21)19-6-5-10-11(7-19)22-14(17-10)18-12(20)9-3-4-9/h9H,3-8H2,1-2H3,(H,17,18,20). The molecule has 2 aliphatic rings. The number of carbonyl (C=O) groups is 2. The molecular weight excluding hydrogens is 322 g/mol. The van der Waals surface area contributed by atoms with Crippen molar-refractivity contribution in [1.82, 2.24) is 9.88 Å². The summed E-state index contributed by atoms with van der Waals surface area (Å²) < 4.78 is 0. The van der Waals surface area contributed by atoms with Gasteiger partial charge in [-0.3, -0.25) is 9.59 Å². The lowest BCUT2D eigenvalue weighted by molar-refractivity contribution is -0.140. The number of carbonyl (C=O) groups excluding carboxylic acids is 2. The Morgan fingerprint density at radius 3 is 2.82 bits per heavy atom. The molecule has 0 bridgehead atoms. The number of hydrogen-bond donors (Lipinski definition) is 1. The molecule has 7 heteroatoms. The first-order valence-corrected chi connectivity index (χ1v) is 8.90. The number of thiazole rings is 1. The summed E-state index contributed by atoms with van der Waals surface area (Å²) >= 11 is 7.38. The van der Waals surface area contributed by atoms with Gasteiger partial charge in [-0.2, -0.15) is 0 Å². The minimum atomic E-state index is -0.549. The molecule has 120 valence electrons. The number of hydrogen-bond acceptors (Lipinski definition) is 4. The zero-order valence-electron chi connectivity index (χ0n) is 12.8. The van der Waals surface area contributed by atoms with Crippen molar-refractivity contribution in [3.8, 4) is 0 Å². The lowest BCUT2D eigenvalue weighted by Gasteiger charge is -2.32. The fourth-order valence-electron chi connectivity index (χ4n) is 2.46. The summed E-state index contributed by atoms with van der Waals surface area (Å²) in [6, 6.07) is 0. The molecule has 0 aromatic carbocycles. The molecule has 1 saturated carbocycles. The first-order chi connectivity index (χ1) is 10.4. The molecule has 1 aliphatic heterocycles. The lowest BCUT2D eigenvalue weighted by atomic mass is 9.93. The predicted molar refractivity (Wildman–Crippen MR) is 87.1 cm³/mol. The highest BCUT2D eigenvalue weighted by atomic mass is 35.5. The molecule has 0 atom stereocenters. The lowest BCUT2D eigenvalue weighted by Crippen LogP contribution is -2.44. The van der Waals surface area contributed by atoms with Gasteiger partial charge in [-0.15, -0.1) is 11.6 Å². The van der Waals surface area contributed by atoms with Crippen LogP contribution >= 0.6 is 22.9 Å². The van der Waals surface area contributed by atoms with Gasteiger partial charge in [0.05, 0.1) is 17.7 Å². The minimum Gasteiger partial charge on any atom is -0.337 e. The van der Waals surface area contributed by atoms with E-state index in [0.717, 1.165) is 29.8 Å². The zero-order chi connectivity index (χ0) is 15.9. The van der Waals surface area contributed by atoms with E-state index in [1.54, 1.807) is 0 Å². The minimum absolute atomic E-state index is 0.0716. The number of anilines is 1. The number of nitrogens with zero attached hydrogens (tertiary/aromatic N) is 2. The van der Waals surface area contributed by atoms with E-state index in [1.165, 1.54) is 11.3 Å². The fraction of sp³-hybridized carbons (Fsp3) is 0.667. The van der Waals surface area contributed by atoms with E-state index in [2.05, 4.69) is 10.3 Å². The second-order valence-corrected chi connectivity index (χ2v) is 8.00. The number of fused-ring (bicyclic) bond motifs is 1. The maximum absolute atomic E-state index is 12.5. The first kappa shape index (κ1) is 15.7. The summed E-state index contributed by atoms with van der Waals surface area (Å²) in [5.41, 5.74) is 0.455. The molecule has 1 aromatic rings. The van der Waals surface area contributed by atoms with Crippen molar-refractivity contribution in [2.45, 2.75) is 39.7 Å². The summed E-state index contributed by atoms with van der Waals surface area (Å²) in [5, 5.41) is 3.55. The second kappa shape index (κ2) is 5.81. The van der Waals surface area contributed by atoms with Crippen molar-refractivity contribution >= 4 is 39.9 Å². The van der Waals surface area contributed by atoms with Crippen LogP contribution in [0.25, 0.3) is 0 Å². The van der Waals surface area contributed by atoms with Gasteiger partial charge >= 0.3 is 0 Å². The van der Waals surface area contributed by atoms with Crippen LogP contribution in [0, 0.1) is 11.3 Å². The van der Waals surface area contributed by atoms with Gasteiger partial charge in [0.15, 0.2) is 5.13 Å². The Bertz CT molecular complexity index is 610. The normalized spacial score (nSPS) is 18.0. The van der Waals surface area contributed by atoms with E-state index in [0.29, 0.717) is 24.1 Å². The van der Waals surface area contributed by atoms with Crippen molar-refractivity contribution in [2.24, 2.45) is 11.3 Å². The average Bonchev–Trinajstić information content (AvgIpc) is 3.27.